The minimum atomic E-state index is 0.0604. The highest BCUT2D eigenvalue weighted by Crippen LogP contribution is 2.29. The van der Waals surface area contributed by atoms with E-state index in [9.17, 15) is 0 Å². The maximum absolute atomic E-state index is 7.67. The standard InChI is InChI=1S/C14H19N3O/c15-13(16)11-8-9-4-3-7-12(9)17-14(11)18-10-5-1-2-6-10/h8,10H,1-7H2,(H3,15,16). The molecule has 1 fully saturated rings. The lowest BCUT2D eigenvalue weighted by Gasteiger charge is -2.16. The second-order valence-electron chi connectivity index (χ2n) is 5.24. The first-order valence-corrected chi connectivity index (χ1v) is 6.78. The van der Waals surface area contributed by atoms with E-state index in [2.05, 4.69) is 4.98 Å². The average molecular weight is 245 g/mol. The van der Waals surface area contributed by atoms with Crippen LogP contribution < -0.4 is 10.5 Å². The van der Waals surface area contributed by atoms with Crippen LogP contribution in [0.1, 0.15) is 48.9 Å². The fourth-order valence-electron chi connectivity index (χ4n) is 2.90. The van der Waals surface area contributed by atoms with E-state index >= 15 is 0 Å². The van der Waals surface area contributed by atoms with Crippen molar-refractivity contribution in [1.29, 1.82) is 5.41 Å². The molecule has 0 radical (unpaired) electrons. The van der Waals surface area contributed by atoms with Gasteiger partial charge in [-0.05, 0) is 56.6 Å². The van der Waals surface area contributed by atoms with Gasteiger partial charge in [-0.3, -0.25) is 5.41 Å². The van der Waals surface area contributed by atoms with Crippen LogP contribution in [0, 0.1) is 5.41 Å². The second-order valence-corrected chi connectivity index (χ2v) is 5.24. The molecule has 0 aromatic carbocycles. The highest BCUT2D eigenvalue weighted by Gasteiger charge is 2.22. The largest absolute Gasteiger partial charge is 0.474 e. The number of nitrogens with two attached hydrogens (primary N) is 1. The van der Waals surface area contributed by atoms with Gasteiger partial charge in [-0.25, -0.2) is 4.98 Å². The minimum Gasteiger partial charge on any atom is -0.474 e. The molecule has 0 atom stereocenters. The van der Waals surface area contributed by atoms with Gasteiger partial charge in [0.25, 0.3) is 0 Å². The predicted molar refractivity (Wildman–Crippen MR) is 70.2 cm³/mol. The van der Waals surface area contributed by atoms with Gasteiger partial charge in [-0.1, -0.05) is 0 Å². The number of nitrogens with zero attached hydrogens (tertiary/aromatic N) is 1. The van der Waals surface area contributed by atoms with Crippen molar-refractivity contribution in [3.05, 3.63) is 22.9 Å². The van der Waals surface area contributed by atoms with Crippen LogP contribution >= 0.6 is 0 Å². The van der Waals surface area contributed by atoms with Crippen LogP contribution in [0.15, 0.2) is 6.07 Å². The number of nitrogen functional groups attached to an aromatic ring is 1. The molecule has 2 aliphatic rings. The Morgan fingerprint density at radius 1 is 1.28 bits per heavy atom. The third kappa shape index (κ3) is 2.07. The third-order valence-corrected chi connectivity index (χ3v) is 3.89. The molecule has 1 aromatic heterocycles. The van der Waals surface area contributed by atoms with Crippen molar-refractivity contribution < 1.29 is 4.74 Å². The van der Waals surface area contributed by atoms with Crippen molar-refractivity contribution in [2.24, 2.45) is 5.73 Å². The Morgan fingerprint density at radius 2 is 2.06 bits per heavy atom. The number of hydrogen-bond donors (Lipinski definition) is 2. The molecule has 0 bridgehead atoms. The average Bonchev–Trinajstić information content (AvgIpc) is 2.97. The van der Waals surface area contributed by atoms with Gasteiger partial charge in [-0.2, -0.15) is 0 Å². The zero-order valence-electron chi connectivity index (χ0n) is 10.5. The Morgan fingerprint density at radius 3 is 2.78 bits per heavy atom. The van der Waals surface area contributed by atoms with E-state index in [1.165, 1.54) is 18.4 Å². The fraction of sp³-hybridized carbons (Fsp3) is 0.571. The molecule has 1 heterocycles. The van der Waals surface area contributed by atoms with Gasteiger partial charge < -0.3 is 10.5 Å². The van der Waals surface area contributed by atoms with Crippen LogP contribution in [0.2, 0.25) is 0 Å². The second kappa shape index (κ2) is 4.59. The van der Waals surface area contributed by atoms with E-state index < -0.39 is 0 Å². The monoisotopic (exact) mass is 245 g/mol. The Hall–Kier alpha value is -1.58. The molecule has 3 rings (SSSR count). The van der Waals surface area contributed by atoms with Gasteiger partial charge in [-0.15, -0.1) is 0 Å². The zero-order chi connectivity index (χ0) is 12.5. The summed E-state index contributed by atoms with van der Waals surface area (Å²) < 4.78 is 5.96. The summed E-state index contributed by atoms with van der Waals surface area (Å²) in [7, 11) is 0. The maximum Gasteiger partial charge on any atom is 0.225 e. The molecular formula is C14H19N3O. The summed E-state index contributed by atoms with van der Waals surface area (Å²) in [5.41, 5.74) is 8.68. The lowest BCUT2D eigenvalue weighted by Crippen LogP contribution is -2.19. The van der Waals surface area contributed by atoms with Gasteiger partial charge in [0.15, 0.2) is 0 Å². The van der Waals surface area contributed by atoms with E-state index in [0.29, 0.717) is 11.4 Å². The molecule has 96 valence electrons. The summed E-state index contributed by atoms with van der Waals surface area (Å²) in [4.78, 5) is 4.59. The number of pyridine rings is 1. The molecule has 1 saturated carbocycles. The maximum atomic E-state index is 7.67. The molecule has 0 unspecified atom stereocenters. The van der Waals surface area contributed by atoms with Crippen LogP contribution in [0.4, 0.5) is 0 Å². The first-order valence-electron chi connectivity index (χ1n) is 6.78. The van der Waals surface area contributed by atoms with Crippen molar-refractivity contribution in [3.63, 3.8) is 0 Å². The number of amidine groups is 1. The first kappa shape index (κ1) is 11.5. The SMILES string of the molecule is N=C(N)c1cc2c(nc1OC1CCCC1)CCC2. The van der Waals surface area contributed by atoms with Crippen molar-refractivity contribution in [2.75, 3.05) is 0 Å². The lowest BCUT2D eigenvalue weighted by molar-refractivity contribution is 0.200. The molecule has 0 saturated heterocycles. The third-order valence-electron chi connectivity index (χ3n) is 3.89. The summed E-state index contributed by atoms with van der Waals surface area (Å²) in [6.07, 6.45) is 8.12. The van der Waals surface area contributed by atoms with Crippen LogP contribution in [-0.4, -0.2) is 16.9 Å². The summed E-state index contributed by atoms with van der Waals surface area (Å²) in [6.45, 7) is 0. The molecule has 0 aliphatic heterocycles. The topological polar surface area (TPSA) is 72.0 Å². The molecule has 1 aromatic rings. The Bertz CT molecular complexity index is 478. The van der Waals surface area contributed by atoms with Gasteiger partial charge in [0, 0.05) is 5.69 Å². The number of rotatable bonds is 3. The number of hydrogen-bond acceptors (Lipinski definition) is 3. The summed E-state index contributed by atoms with van der Waals surface area (Å²) in [6, 6.07) is 2.00. The van der Waals surface area contributed by atoms with Crippen molar-refractivity contribution in [2.45, 2.75) is 51.0 Å². The molecule has 18 heavy (non-hydrogen) atoms. The normalized spacial score (nSPS) is 18.9. The fourth-order valence-corrected chi connectivity index (χ4v) is 2.90. The molecular weight excluding hydrogens is 226 g/mol. The Labute approximate surface area is 107 Å². The van der Waals surface area contributed by atoms with E-state index in [1.54, 1.807) is 0 Å². The van der Waals surface area contributed by atoms with Crippen LogP contribution in [0.25, 0.3) is 0 Å². The molecule has 4 nitrogen and oxygen atoms in total. The van der Waals surface area contributed by atoms with Gasteiger partial charge in [0.2, 0.25) is 5.88 Å². The van der Waals surface area contributed by atoms with E-state index in [1.807, 2.05) is 6.07 Å². The zero-order valence-corrected chi connectivity index (χ0v) is 10.5. The molecule has 0 spiro atoms. The van der Waals surface area contributed by atoms with Gasteiger partial charge in [0.1, 0.15) is 11.9 Å². The molecule has 0 amide bonds. The quantitative estimate of drug-likeness (QED) is 0.633. The van der Waals surface area contributed by atoms with Crippen molar-refractivity contribution >= 4 is 5.84 Å². The van der Waals surface area contributed by atoms with E-state index in [4.69, 9.17) is 15.9 Å². The Balaban J connectivity index is 1.92. The molecule has 2 aliphatic carbocycles. The first-order chi connectivity index (χ1) is 8.74. The summed E-state index contributed by atoms with van der Waals surface area (Å²) in [5, 5.41) is 7.67. The van der Waals surface area contributed by atoms with Crippen LogP contribution in [0.3, 0.4) is 0 Å². The minimum absolute atomic E-state index is 0.0604. The Kier molecular flexibility index (Phi) is 2.94. The number of aromatic nitrogens is 1. The van der Waals surface area contributed by atoms with Crippen LogP contribution in [0.5, 0.6) is 5.88 Å². The highest BCUT2D eigenvalue weighted by atomic mass is 16.5. The number of aryl methyl sites for hydroxylation is 2. The number of ether oxygens (including phenoxy) is 1. The lowest BCUT2D eigenvalue weighted by atomic mass is 10.1. The van der Waals surface area contributed by atoms with Gasteiger partial charge >= 0.3 is 0 Å². The smallest absolute Gasteiger partial charge is 0.225 e. The van der Waals surface area contributed by atoms with E-state index in [0.717, 1.165) is 37.8 Å². The highest BCUT2D eigenvalue weighted by molar-refractivity contribution is 5.97. The summed E-state index contributed by atoms with van der Waals surface area (Å²) >= 11 is 0. The summed E-state index contributed by atoms with van der Waals surface area (Å²) in [5.74, 6) is 0.639. The van der Waals surface area contributed by atoms with Crippen LogP contribution in [-0.2, 0) is 12.8 Å². The molecule has 4 heteroatoms. The van der Waals surface area contributed by atoms with Crippen molar-refractivity contribution in [3.8, 4) is 5.88 Å². The number of nitrogens with one attached hydrogen (secondary N) is 1. The number of fused-ring (bicyclic) bond motifs is 1. The van der Waals surface area contributed by atoms with Gasteiger partial charge in [0.05, 0.1) is 5.56 Å². The molecule has 3 N–H and O–H groups in total. The van der Waals surface area contributed by atoms with E-state index in [-0.39, 0.29) is 11.9 Å². The van der Waals surface area contributed by atoms with Crippen molar-refractivity contribution in [1.82, 2.24) is 4.98 Å². The predicted octanol–water partition coefficient (Wildman–Crippen LogP) is 2.18.